The van der Waals surface area contributed by atoms with Gasteiger partial charge in [-0.1, -0.05) is 67.7 Å². The molecule has 0 aromatic heterocycles. The van der Waals surface area contributed by atoms with Gasteiger partial charge < -0.3 is 14.9 Å². The molecule has 0 saturated heterocycles. The molecule has 0 aliphatic rings. The molecule has 0 bridgehead atoms. The van der Waals surface area contributed by atoms with Gasteiger partial charge in [0, 0.05) is 12.8 Å². The van der Waals surface area contributed by atoms with E-state index in [0.29, 0.717) is 12.8 Å². The van der Waals surface area contributed by atoms with Gasteiger partial charge >= 0.3 is 5.97 Å². The van der Waals surface area contributed by atoms with Gasteiger partial charge in [0.25, 0.3) is 0 Å². The molecule has 0 rings (SSSR count). The summed E-state index contributed by atoms with van der Waals surface area (Å²) in [7, 11) is 1.40. The average Bonchev–Trinajstić information content (AvgIpc) is 2.68. The molecule has 0 amide bonds. The maximum atomic E-state index is 10.9. The van der Waals surface area contributed by atoms with Crippen LogP contribution in [0.4, 0.5) is 0 Å². The van der Waals surface area contributed by atoms with Crippen LogP contribution in [0.5, 0.6) is 0 Å². The number of carbonyl (C=O) groups is 1. The molecule has 2 atom stereocenters. The van der Waals surface area contributed by atoms with Crippen LogP contribution in [-0.4, -0.2) is 35.5 Å². The number of rotatable bonds is 13. The first kappa shape index (κ1) is 24.9. The van der Waals surface area contributed by atoms with Gasteiger partial charge in [0.2, 0.25) is 0 Å². The smallest absolute Gasteiger partial charge is 0.305 e. The van der Waals surface area contributed by atoms with Gasteiger partial charge in [0.1, 0.15) is 0 Å². The Morgan fingerprint density at radius 1 is 1.07 bits per heavy atom. The number of methoxy groups -OCH3 is 1. The number of aliphatic hydroxyl groups excluding tert-OH is 2. The number of hydrogen-bond donors (Lipinski definition) is 2. The Hall–Kier alpha value is -2.09. The van der Waals surface area contributed by atoms with E-state index < -0.39 is 12.2 Å². The van der Waals surface area contributed by atoms with Crippen LogP contribution in [-0.2, 0) is 9.53 Å². The zero-order chi connectivity index (χ0) is 20.2. The van der Waals surface area contributed by atoms with Crippen molar-refractivity contribution < 1.29 is 19.7 Å². The lowest BCUT2D eigenvalue weighted by molar-refractivity contribution is -0.140. The molecular formula is C23H34O4. The highest BCUT2D eigenvalue weighted by Gasteiger charge is 2.10. The Morgan fingerprint density at radius 3 is 2.59 bits per heavy atom. The fourth-order valence-corrected chi connectivity index (χ4v) is 2.12. The van der Waals surface area contributed by atoms with E-state index in [-0.39, 0.29) is 5.97 Å². The lowest BCUT2D eigenvalue weighted by Gasteiger charge is -2.11. The molecule has 0 aliphatic heterocycles. The Bertz CT molecular complexity index is 546. The van der Waals surface area contributed by atoms with Gasteiger partial charge in [0.05, 0.1) is 19.3 Å². The van der Waals surface area contributed by atoms with Gasteiger partial charge in [-0.2, -0.15) is 0 Å². The number of unbranched alkanes of at least 4 members (excludes halogenated alkanes) is 3. The first-order chi connectivity index (χ1) is 13.1. The molecule has 0 unspecified atom stereocenters. The zero-order valence-corrected chi connectivity index (χ0v) is 16.6. The average molecular weight is 375 g/mol. The van der Waals surface area contributed by atoms with Gasteiger partial charge in [-0.3, -0.25) is 4.79 Å². The number of carbonyl (C=O) groups excluding carboxylic acids is 1. The van der Waals surface area contributed by atoms with E-state index >= 15 is 0 Å². The summed E-state index contributed by atoms with van der Waals surface area (Å²) in [4.78, 5) is 10.9. The summed E-state index contributed by atoms with van der Waals surface area (Å²) >= 11 is 0. The first-order valence-electron chi connectivity index (χ1n) is 9.66. The third kappa shape index (κ3) is 17.1. The number of hydrogen-bond acceptors (Lipinski definition) is 4. The van der Waals surface area contributed by atoms with E-state index in [1.807, 2.05) is 12.2 Å². The highest BCUT2D eigenvalue weighted by atomic mass is 16.5. The maximum absolute atomic E-state index is 10.9. The van der Waals surface area contributed by atoms with Crippen LogP contribution in [0.1, 0.15) is 58.3 Å². The highest BCUT2D eigenvalue weighted by Crippen LogP contribution is 2.04. The number of aliphatic hydroxyl groups is 2. The summed E-state index contributed by atoms with van der Waals surface area (Å²) in [6, 6.07) is 0. The minimum Gasteiger partial charge on any atom is -0.469 e. The number of ether oxygens (including phenoxy) is 1. The fraction of sp³-hybridized carbons (Fsp3) is 0.522. The molecular weight excluding hydrogens is 340 g/mol. The molecule has 0 radical (unpaired) electrons. The van der Waals surface area contributed by atoms with Crippen molar-refractivity contribution in [3.8, 4) is 11.8 Å². The largest absolute Gasteiger partial charge is 0.469 e. The standard InChI is InChI=1S/C23H34O4/c1-3-4-5-6-12-15-18-21(24)22(25)19-16-13-10-8-7-9-11-14-17-20-23(26)27-2/h4-5,10,12-13,15-16,19,21-22,24-25H,3,6,9,11,14,17-18,20H2,1-2H3/b5-4-,13-10+,15-12-,19-16+/t21-,22+/m0/s1. The zero-order valence-electron chi connectivity index (χ0n) is 16.6. The predicted octanol–water partition coefficient (Wildman–Crippen LogP) is 4.25. The normalized spacial score (nSPS) is 14.1. The summed E-state index contributed by atoms with van der Waals surface area (Å²) in [5.74, 6) is 5.79. The number of esters is 1. The van der Waals surface area contributed by atoms with Crippen molar-refractivity contribution in [3.05, 3.63) is 48.6 Å². The van der Waals surface area contributed by atoms with Crippen LogP contribution in [0, 0.1) is 11.8 Å². The maximum Gasteiger partial charge on any atom is 0.305 e. The van der Waals surface area contributed by atoms with Crippen molar-refractivity contribution in [1.82, 2.24) is 0 Å². The van der Waals surface area contributed by atoms with E-state index in [2.05, 4.69) is 35.7 Å². The van der Waals surface area contributed by atoms with Crippen LogP contribution in [0.3, 0.4) is 0 Å². The Balaban J connectivity index is 3.86. The third-order valence-corrected chi connectivity index (χ3v) is 3.72. The molecule has 150 valence electrons. The first-order valence-corrected chi connectivity index (χ1v) is 9.66. The highest BCUT2D eigenvalue weighted by molar-refractivity contribution is 5.68. The van der Waals surface area contributed by atoms with Gasteiger partial charge in [-0.15, -0.1) is 0 Å². The van der Waals surface area contributed by atoms with Gasteiger partial charge in [-0.25, -0.2) is 0 Å². The molecule has 0 spiro atoms. The van der Waals surface area contributed by atoms with Crippen LogP contribution in [0.15, 0.2) is 48.6 Å². The predicted molar refractivity (Wildman–Crippen MR) is 111 cm³/mol. The number of allylic oxidation sites excluding steroid dienone is 6. The lowest BCUT2D eigenvalue weighted by atomic mass is 10.1. The van der Waals surface area contributed by atoms with Crippen molar-refractivity contribution in [1.29, 1.82) is 0 Å². The van der Waals surface area contributed by atoms with E-state index in [1.165, 1.54) is 7.11 Å². The lowest BCUT2D eigenvalue weighted by Crippen LogP contribution is -2.22. The van der Waals surface area contributed by atoms with Crippen molar-refractivity contribution in [2.45, 2.75) is 70.5 Å². The van der Waals surface area contributed by atoms with Crippen molar-refractivity contribution in [2.75, 3.05) is 7.11 Å². The SMILES string of the molecule is CC/C=C\C/C=C\C[C@H](O)[C@H](O)/C=C/C=C/C#CCCCCCC(=O)OC. The Labute approximate surface area is 164 Å². The van der Waals surface area contributed by atoms with E-state index in [9.17, 15) is 15.0 Å². The van der Waals surface area contributed by atoms with Crippen LogP contribution in [0.25, 0.3) is 0 Å². The summed E-state index contributed by atoms with van der Waals surface area (Å²) in [5, 5.41) is 19.7. The second kappa shape index (κ2) is 18.7. The summed E-state index contributed by atoms with van der Waals surface area (Å²) in [5.41, 5.74) is 0. The third-order valence-electron chi connectivity index (χ3n) is 3.72. The second-order valence-corrected chi connectivity index (χ2v) is 6.08. The monoisotopic (exact) mass is 374 g/mol. The Morgan fingerprint density at radius 2 is 1.85 bits per heavy atom. The van der Waals surface area contributed by atoms with E-state index in [4.69, 9.17) is 0 Å². The van der Waals surface area contributed by atoms with Crippen molar-refractivity contribution >= 4 is 5.97 Å². The van der Waals surface area contributed by atoms with E-state index in [1.54, 1.807) is 24.3 Å². The summed E-state index contributed by atoms with van der Waals surface area (Å²) < 4.78 is 4.58. The summed E-state index contributed by atoms with van der Waals surface area (Å²) in [6.07, 6.45) is 19.3. The minimum absolute atomic E-state index is 0.164. The van der Waals surface area contributed by atoms with Crippen LogP contribution < -0.4 is 0 Å². The second-order valence-electron chi connectivity index (χ2n) is 6.08. The molecule has 0 saturated carbocycles. The minimum atomic E-state index is -0.895. The molecule has 0 aliphatic carbocycles. The molecule has 2 N–H and O–H groups in total. The Kier molecular flexibility index (Phi) is 17.2. The molecule has 0 heterocycles. The molecule has 27 heavy (non-hydrogen) atoms. The quantitative estimate of drug-likeness (QED) is 0.166. The van der Waals surface area contributed by atoms with Crippen LogP contribution >= 0.6 is 0 Å². The van der Waals surface area contributed by atoms with Crippen molar-refractivity contribution in [2.24, 2.45) is 0 Å². The molecule has 0 fully saturated rings. The topological polar surface area (TPSA) is 66.8 Å². The molecule has 0 aromatic carbocycles. The summed E-state index contributed by atoms with van der Waals surface area (Å²) in [6.45, 7) is 2.09. The van der Waals surface area contributed by atoms with Gasteiger partial charge in [-0.05, 0) is 38.2 Å². The van der Waals surface area contributed by atoms with Gasteiger partial charge in [0.15, 0.2) is 0 Å². The van der Waals surface area contributed by atoms with Crippen LogP contribution in [0.2, 0.25) is 0 Å². The molecule has 4 nitrogen and oxygen atoms in total. The van der Waals surface area contributed by atoms with Crippen molar-refractivity contribution in [3.63, 3.8) is 0 Å². The van der Waals surface area contributed by atoms with E-state index in [0.717, 1.165) is 38.5 Å². The fourth-order valence-electron chi connectivity index (χ4n) is 2.12. The molecule has 4 heteroatoms. The molecule has 0 aromatic rings.